The van der Waals surface area contributed by atoms with E-state index in [9.17, 15) is 0 Å². The second kappa shape index (κ2) is 20.1. The van der Waals surface area contributed by atoms with Crippen LogP contribution in [0.4, 0.5) is 0 Å². The van der Waals surface area contributed by atoms with E-state index in [1.54, 1.807) is 0 Å². The molecular formula is C41H92. The molecule has 0 radical (unpaired) electrons. The lowest BCUT2D eigenvalue weighted by Gasteiger charge is -2.37. The smallest absolute Gasteiger partial charge is 0.0308 e. The van der Waals surface area contributed by atoms with Crippen molar-refractivity contribution in [1.82, 2.24) is 0 Å². The Balaban J connectivity index is -0.000000132. The summed E-state index contributed by atoms with van der Waals surface area (Å²) in [5.41, 5.74) is 3.35. The van der Waals surface area contributed by atoms with E-state index in [0.717, 1.165) is 17.8 Å². The number of hydrogen-bond acceptors (Lipinski definition) is 0. The topological polar surface area (TPSA) is 0 Å². The molecule has 0 aliphatic carbocycles. The summed E-state index contributed by atoms with van der Waals surface area (Å²) in [5, 5.41) is 0. The van der Waals surface area contributed by atoms with Gasteiger partial charge in [0, 0.05) is 0 Å². The zero-order valence-electron chi connectivity index (χ0n) is 35.1. The molecule has 0 N–H and O–H groups in total. The van der Waals surface area contributed by atoms with Crippen molar-refractivity contribution < 1.29 is 0 Å². The van der Waals surface area contributed by atoms with Gasteiger partial charge in [-0.2, -0.15) is 0 Å². The van der Waals surface area contributed by atoms with Gasteiger partial charge in [-0.25, -0.2) is 0 Å². The third-order valence-electron chi connectivity index (χ3n) is 9.39. The molecular weight excluding hydrogens is 492 g/mol. The minimum Gasteiger partial charge on any atom is -0.0649 e. The Bertz CT molecular complexity index is 557. The highest BCUT2D eigenvalue weighted by atomic mass is 14.4. The average Bonchev–Trinajstić information content (AvgIpc) is 2.62. The largest absolute Gasteiger partial charge is 0.0649 e. The molecule has 0 aromatic rings. The Labute approximate surface area is 267 Å². The first-order chi connectivity index (χ1) is 17.3. The SMILES string of the molecule is CC(C)(C)C(C)(C)C.CC(C)C(C)(C)C.CC(C)CC(C)(C)C.CC(C)CCC(C)(C)C.CCC(C)(C)C(C)(C)C. The monoisotopic (exact) mass is 585 g/mol. The molecule has 0 amide bonds. The number of rotatable bonds is 4. The van der Waals surface area contributed by atoms with Crippen LogP contribution in [0.2, 0.25) is 0 Å². The van der Waals surface area contributed by atoms with E-state index in [-0.39, 0.29) is 0 Å². The van der Waals surface area contributed by atoms with Crippen LogP contribution < -0.4 is 0 Å². The third-order valence-corrected chi connectivity index (χ3v) is 9.39. The molecule has 256 valence electrons. The number of hydrogen-bond donors (Lipinski definition) is 0. The first-order valence-electron chi connectivity index (χ1n) is 17.3. The maximum Gasteiger partial charge on any atom is -0.0308 e. The quantitative estimate of drug-likeness (QED) is 0.308. The van der Waals surface area contributed by atoms with Crippen molar-refractivity contribution in [3.05, 3.63) is 0 Å². The van der Waals surface area contributed by atoms with Gasteiger partial charge in [0.05, 0.1) is 0 Å². The van der Waals surface area contributed by atoms with Crippen LogP contribution in [0.5, 0.6) is 0 Å². The normalized spacial score (nSPS) is 13.3. The summed E-state index contributed by atoms with van der Waals surface area (Å²) in [6.07, 6.45) is 5.30. The fraction of sp³-hybridized carbons (Fsp3) is 1.00. The molecule has 0 atom stereocenters. The zero-order valence-corrected chi connectivity index (χ0v) is 35.1. The van der Waals surface area contributed by atoms with Gasteiger partial charge in [-0.3, -0.25) is 0 Å². The van der Waals surface area contributed by atoms with Crippen molar-refractivity contribution in [3.8, 4) is 0 Å². The van der Waals surface area contributed by atoms with Gasteiger partial charge in [-0.05, 0) is 68.5 Å². The van der Waals surface area contributed by atoms with Gasteiger partial charge in [0.25, 0.3) is 0 Å². The summed E-state index contributed by atoms with van der Waals surface area (Å²) in [7, 11) is 0. The lowest BCUT2D eigenvalue weighted by Crippen LogP contribution is -2.28. The molecule has 0 aromatic heterocycles. The molecule has 0 aliphatic rings. The maximum absolute atomic E-state index is 2.33. The Kier molecular flexibility index (Phi) is 24.8. The highest BCUT2D eigenvalue weighted by Crippen LogP contribution is 2.40. The average molecular weight is 585 g/mol. The van der Waals surface area contributed by atoms with Crippen LogP contribution in [0.3, 0.4) is 0 Å². The zero-order chi connectivity index (χ0) is 35.1. The van der Waals surface area contributed by atoms with Crippen LogP contribution in [-0.4, -0.2) is 0 Å². The molecule has 0 heteroatoms. The van der Waals surface area contributed by atoms with Crippen LogP contribution in [0.25, 0.3) is 0 Å². The van der Waals surface area contributed by atoms with Gasteiger partial charge in [-0.15, -0.1) is 0 Å². The van der Waals surface area contributed by atoms with Crippen molar-refractivity contribution in [3.63, 3.8) is 0 Å². The lowest BCUT2D eigenvalue weighted by atomic mass is 9.68. The predicted octanol–water partition coefficient (Wildman–Crippen LogP) is 15.8. The fourth-order valence-corrected chi connectivity index (χ4v) is 2.48. The van der Waals surface area contributed by atoms with Crippen molar-refractivity contribution in [2.75, 3.05) is 0 Å². The van der Waals surface area contributed by atoms with Gasteiger partial charge in [-0.1, -0.05) is 200 Å². The van der Waals surface area contributed by atoms with Crippen molar-refractivity contribution in [2.45, 2.75) is 213 Å². The van der Waals surface area contributed by atoms with Crippen LogP contribution >= 0.6 is 0 Å². The van der Waals surface area contributed by atoms with E-state index in [4.69, 9.17) is 0 Å². The van der Waals surface area contributed by atoms with E-state index in [1.807, 2.05) is 0 Å². The molecule has 0 bridgehead atoms. The van der Waals surface area contributed by atoms with Crippen molar-refractivity contribution >= 4 is 0 Å². The first kappa shape index (κ1) is 50.6. The minimum absolute atomic E-state index is 0.437. The predicted molar refractivity (Wildman–Crippen MR) is 199 cm³/mol. The molecule has 0 unspecified atom stereocenters. The highest BCUT2D eigenvalue weighted by Gasteiger charge is 2.30. The van der Waals surface area contributed by atoms with Crippen LogP contribution in [0.15, 0.2) is 0 Å². The van der Waals surface area contributed by atoms with Gasteiger partial charge in [0.2, 0.25) is 0 Å². The molecule has 0 nitrogen and oxygen atoms in total. The fourth-order valence-electron chi connectivity index (χ4n) is 2.48. The summed E-state index contributed by atoms with van der Waals surface area (Å²) >= 11 is 0. The van der Waals surface area contributed by atoms with Crippen LogP contribution in [0.1, 0.15) is 213 Å². The molecule has 0 aromatic carbocycles. The summed E-state index contributed by atoms with van der Waals surface area (Å²) in [5.74, 6) is 2.51. The molecule has 0 fully saturated rings. The Morgan fingerprint density at radius 1 is 0.415 bits per heavy atom. The van der Waals surface area contributed by atoms with E-state index in [1.165, 1.54) is 25.7 Å². The maximum atomic E-state index is 2.33. The van der Waals surface area contributed by atoms with E-state index in [2.05, 4.69) is 187 Å². The summed E-state index contributed by atoms with van der Waals surface area (Å²) in [6, 6.07) is 0. The van der Waals surface area contributed by atoms with Gasteiger partial charge in [0.15, 0.2) is 0 Å². The molecule has 0 rings (SSSR count). The second-order valence-electron chi connectivity index (χ2n) is 21.2. The first-order valence-corrected chi connectivity index (χ1v) is 17.3. The second-order valence-corrected chi connectivity index (χ2v) is 21.2. The Morgan fingerprint density at radius 3 is 0.732 bits per heavy atom. The lowest BCUT2D eigenvalue weighted by molar-refractivity contribution is 0.126. The van der Waals surface area contributed by atoms with Crippen LogP contribution in [-0.2, 0) is 0 Å². The van der Waals surface area contributed by atoms with Gasteiger partial charge >= 0.3 is 0 Å². The third kappa shape index (κ3) is 40.0. The van der Waals surface area contributed by atoms with Gasteiger partial charge < -0.3 is 0 Å². The summed E-state index contributed by atoms with van der Waals surface area (Å²) in [4.78, 5) is 0. The van der Waals surface area contributed by atoms with E-state index in [0.29, 0.717) is 37.9 Å². The summed E-state index contributed by atoms with van der Waals surface area (Å²) in [6.45, 7) is 61.6. The van der Waals surface area contributed by atoms with Crippen LogP contribution in [0, 0.1) is 55.7 Å². The summed E-state index contributed by atoms with van der Waals surface area (Å²) < 4.78 is 0. The standard InChI is InChI=1S/2C9H20.2C8H18.C7H16/c1-8(2)6-7-9(3,4)5;1-7-9(5,6)8(2,3)4;1-7(2)6-8(3,4)5;1-7(2,3)8(4,5)6;1-6(2)7(3,4)5/h8H,6-7H2,1-5H3;7H2,1-6H3;7H,6H2,1-5H3;1-6H3;6H,1-5H3. The molecule has 0 aliphatic heterocycles. The molecule has 0 saturated carbocycles. The Hall–Kier alpha value is 0. The molecule has 0 spiro atoms. The van der Waals surface area contributed by atoms with Gasteiger partial charge in [0.1, 0.15) is 0 Å². The molecule has 41 heavy (non-hydrogen) atoms. The highest BCUT2D eigenvalue weighted by molar-refractivity contribution is 4.80. The van der Waals surface area contributed by atoms with E-state index >= 15 is 0 Å². The molecule has 0 heterocycles. The Morgan fingerprint density at radius 2 is 0.707 bits per heavy atom. The van der Waals surface area contributed by atoms with E-state index < -0.39 is 0 Å². The van der Waals surface area contributed by atoms with Crippen molar-refractivity contribution in [2.24, 2.45) is 55.7 Å². The minimum atomic E-state index is 0.437. The molecule has 0 saturated heterocycles. The van der Waals surface area contributed by atoms with Crippen molar-refractivity contribution in [1.29, 1.82) is 0 Å².